The predicted octanol–water partition coefficient (Wildman–Crippen LogP) is 3.94. The highest BCUT2D eigenvalue weighted by Crippen LogP contribution is 2.19. The summed E-state index contributed by atoms with van der Waals surface area (Å²) in [5.74, 6) is -0.00276. The van der Waals surface area contributed by atoms with E-state index < -0.39 is 0 Å². The normalized spacial score (nSPS) is 10.5. The summed E-state index contributed by atoms with van der Waals surface area (Å²) in [5, 5.41) is 5.77. The molecule has 0 heterocycles. The van der Waals surface area contributed by atoms with Crippen molar-refractivity contribution in [1.29, 1.82) is 0 Å². The van der Waals surface area contributed by atoms with Gasteiger partial charge in [0, 0.05) is 23.4 Å². The van der Waals surface area contributed by atoms with Crippen molar-refractivity contribution < 1.29 is 9.59 Å². The van der Waals surface area contributed by atoms with E-state index >= 15 is 0 Å². The molecule has 24 heavy (non-hydrogen) atoms. The fourth-order valence-corrected chi connectivity index (χ4v) is 2.28. The van der Waals surface area contributed by atoms with E-state index in [4.69, 9.17) is 0 Å². The van der Waals surface area contributed by atoms with Crippen molar-refractivity contribution in [1.82, 2.24) is 5.32 Å². The summed E-state index contributed by atoms with van der Waals surface area (Å²) < 4.78 is 0. The van der Waals surface area contributed by atoms with Crippen molar-refractivity contribution in [2.45, 2.75) is 27.7 Å². The molecule has 0 fully saturated rings. The molecule has 0 aliphatic carbocycles. The average Bonchev–Trinajstić information content (AvgIpc) is 2.56. The van der Waals surface area contributed by atoms with Gasteiger partial charge in [0.25, 0.3) is 11.8 Å². The average molecular weight is 324 g/mol. The summed E-state index contributed by atoms with van der Waals surface area (Å²) in [7, 11) is 0. The minimum absolute atomic E-state index is 0.162. The zero-order valence-electron chi connectivity index (χ0n) is 14.6. The lowest BCUT2D eigenvalue weighted by Crippen LogP contribution is -2.27. The summed E-state index contributed by atoms with van der Waals surface area (Å²) in [6.07, 6.45) is 0. The highest BCUT2D eigenvalue weighted by Gasteiger charge is 2.12. The first-order valence-corrected chi connectivity index (χ1v) is 8.14. The molecule has 2 aromatic rings. The number of anilines is 1. The number of carbonyl (C=O) groups is 2. The van der Waals surface area contributed by atoms with E-state index in [1.807, 2.05) is 45.9 Å². The van der Waals surface area contributed by atoms with Crippen molar-refractivity contribution >= 4 is 17.5 Å². The van der Waals surface area contributed by atoms with Crippen molar-refractivity contribution in [3.05, 3.63) is 64.7 Å². The smallest absolute Gasteiger partial charge is 0.255 e. The van der Waals surface area contributed by atoms with Crippen molar-refractivity contribution in [2.75, 3.05) is 11.9 Å². The van der Waals surface area contributed by atoms with Gasteiger partial charge in [-0.2, -0.15) is 0 Å². The molecule has 0 aromatic heterocycles. The molecular weight excluding hydrogens is 300 g/mol. The van der Waals surface area contributed by atoms with Gasteiger partial charge in [0.15, 0.2) is 0 Å². The molecule has 0 spiro atoms. The van der Waals surface area contributed by atoms with Crippen LogP contribution < -0.4 is 10.6 Å². The van der Waals surface area contributed by atoms with Gasteiger partial charge < -0.3 is 10.6 Å². The van der Waals surface area contributed by atoms with Crippen LogP contribution in [-0.2, 0) is 0 Å². The van der Waals surface area contributed by atoms with Crippen LogP contribution in [0.5, 0.6) is 0 Å². The number of hydrogen-bond donors (Lipinski definition) is 2. The Hall–Kier alpha value is -2.62. The number of carbonyl (C=O) groups excluding carboxylic acids is 2. The lowest BCUT2D eigenvalue weighted by Gasteiger charge is -2.11. The number of nitrogens with one attached hydrogen (secondary N) is 2. The first-order valence-electron chi connectivity index (χ1n) is 8.14. The molecule has 0 saturated carbocycles. The van der Waals surface area contributed by atoms with Crippen LogP contribution in [0.4, 0.5) is 5.69 Å². The van der Waals surface area contributed by atoms with E-state index in [-0.39, 0.29) is 11.8 Å². The zero-order valence-corrected chi connectivity index (χ0v) is 14.6. The molecule has 2 aromatic carbocycles. The predicted molar refractivity (Wildman–Crippen MR) is 97.5 cm³/mol. The topological polar surface area (TPSA) is 58.2 Å². The van der Waals surface area contributed by atoms with Crippen LogP contribution in [0.15, 0.2) is 42.5 Å². The number of aryl methyl sites for hydroxylation is 1. The molecular formula is C20H24N2O2. The summed E-state index contributed by atoms with van der Waals surface area (Å²) >= 11 is 0. The molecule has 0 bridgehead atoms. The summed E-state index contributed by atoms with van der Waals surface area (Å²) in [6.45, 7) is 8.66. The Kier molecular flexibility index (Phi) is 5.74. The Morgan fingerprint density at radius 3 is 2.25 bits per heavy atom. The van der Waals surface area contributed by atoms with Crippen LogP contribution in [0, 0.1) is 19.8 Å². The number of hydrogen-bond acceptors (Lipinski definition) is 2. The van der Waals surface area contributed by atoms with Gasteiger partial charge in [-0.1, -0.05) is 32.0 Å². The van der Waals surface area contributed by atoms with Gasteiger partial charge in [0.1, 0.15) is 0 Å². The van der Waals surface area contributed by atoms with E-state index in [9.17, 15) is 9.59 Å². The molecule has 0 saturated heterocycles. The third kappa shape index (κ3) is 4.44. The standard InChI is InChI=1S/C20H24N2O2/c1-13(2)12-21-19(23)16-8-6-9-17(11-16)20(24)22-18-10-5-7-14(3)15(18)4/h5-11,13H,12H2,1-4H3,(H,21,23)(H,22,24). The third-order valence-corrected chi connectivity index (χ3v) is 3.91. The zero-order chi connectivity index (χ0) is 17.7. The maximum Gasteiger partial charge on any atom is 0.255 e. The van der Waals surface area contributed by atoms with Crippen LogP contribution in [0.2, 0.25) is 0 Å². The minimum Gasteiger partial charge on any atom is -0.352 e. The lowest BCUT2D eigenvalue weighted by molar-refractivity contribution is 0.0949. The quantitative estimate of drug-likeness (QED) is 0.875. The highest BCUT2D eigenvalue weighted by molar-refractivity contribution is 6.06. The fourth-order valence-electron chi connectivity index (χ4n) is 2.28. The van der Waals surface area contributed by atoms with Gasteiger partial charge in [-0.3, -0.25) is 9.59 Å². The van der Waals surface area contributed by atoms with E-state index in [0.717, 1.165) is 16.8 Å². The largest absolute Gasteiger partial charge is 0.352 e. The van der Waals surface area contributed by atoms with Gasteiger partial charge in [-0.25, -0.2) is 0 Å². The molecule has 126 valence electrons. The van der Waals surface area contributed by atoms with E-state index in [2.05, 4.69) is 10.6 Å². The maximum absolute atomic E-state index is 12.5. The van der Waals surface area contributed by atoms with E-state index in [1.54, 1.807) is 24.3 Å². The van der Waals surface area contributed by atoms with Crippen LogP contribution >= 0.6 is 0 Å². The van der Waals surface area contributed by atoms with Crippen LogP contribution in [0.1, 0.15) is 45.7 Å². The van der Waals surface area contributed by atoms with Gasteiger partial charge in [0.05, 0.1) is 0 Å². The Morgan fingerprint density at radius 1 is 0.958 bits per heavy atom. The second-order valence-electron chi connectivity index (χ2n) is 6.39. The Bertz CT molecular complexity index is 751. The molecule has 2 rings (SSSR count). The molecule has 0 radical (unpaired) electrons. The SMILES string of the molecule is Cc1cccc(NC(=O)c2cccc(C(=O)NCC(C)C)c2)c1C. The monoisotopic (exact) mass is 324 g/mol. The third-order valence-electron chi connectivity index (χ3n) is 3.91. The number of amides is 2. The number of benzene rings is 2. The second-order valence-corrected chi connectivity index (χ2v) is 6.39. The molecule has 4 nitrogen and oxygen atoms in total. The van der Waals surface area contributed by atoms with Crippen LogP contribution in [0.3, 0.4) is 0 Å². The molecule has 4 heteroatoms. The van der Waals surface area contributed by atoms with Crippen LogP contribution in [0.25, 0.3) is 0 Å². The van der Waals surface area contributed by atoms with Crippen molar-refractivity contribution in [3.63, 3.8) is 0 Å². The fraction of sp³-hybridized carbons (Fsp3) is 0.300. The van der Waals surface area contributed by atoms with Crippen molar-refractivity contribution in [3.8, 4) is 0 Å². The summed E-state index contributed by atoms with van der Waals surface area (Å²) in [6, 6.07) is 12.6. The van der Waals surface area contributed by atoms with Gasteiger partial charge in [-0.05, 0) is 55.2 Å². The minimum atomic E-state index is -0.220. The molecule has 0 aliphatic heterocycles. The Labute approximate surface area is 143 Å². The lowest BCUT2D eigenvalue weighted by atomic mass is 10.1. The second kappa shape index (κ2) is 7.77. The molecule has 0 aliphatic rings. The van der Waals surface area contributed by atoms with Crippen molar-refractivity contribution in [2.24, 2.45) is 5.92 Å². The van der Waals surface area contributed by atoms with Crippen LogP contribution in [-0.4, -0.2) is 18.4 Å². The Balaban J connectivity index is 2.14. The molecule has 2 amide bonds. The van der Waals surface area contributed by atoms with Gasteiger partial charge in [0.2, 0.25) is 0 Å². The molecule has 0 unspecified atom stereocenters. The summed E-state index contributed by atoms with van der Waals surface area (Å²) in [5.41, 5.74) is 3.90. The molecule has 2 N–H and O–H groups in total. The van der Waals surface area contributed by atoms with E-state index in [0.29, 0.717) is 23.6 Å². The van der Waals surface area contributed by atoms with Gasteiger partial charge in [-0.15, -0.1) is 0 Å². The highest BCUT2D eigenvalue weighted by atomic mass is 16.2. The first-order chi connectivity index (χ1) is 11.4. The summed E-state index contributed by atoms with van der Waals surface area (Å²) in [4.78, 5) is 24.6. The number of rotatable bonds is 5. The Morgan fingerprint density at radius 2 is 1.58 bits per heavy atom. The maximum atomic E-state index is 12.5. The van der Waals surface area contributed by atoms with Gasteiger partial charge >= 0.3 is 0 Å². The molecule has 0 atom stereocenters. The van der Waals surface area contributed by atoms with E-state index in [1.165, 1.54) is 0 Å². The first kappa shape index (κ1) is 17.7.